The lowest BCUT2D eigenvalue weighted by Gasteiger charge is -2.17. The Kier molecular flexibility index (Phi) is 5.25. The SMILES string of the molecule is COCCN(C)C(=O)Nc1ccc(C(=O)O)cc1F. The molecule has 1 aromatic rings. The molecule has 0 spiro atoms. The van der Waals surface area contributed by atoms with E-state index < -0.39 is 17.8 Å². The standard InChI is InChI=1S/C12H15FN2O4/c1-15(5-6-19-2)12(18)14-10-4-3-8(11(16)17)7-9(10)13/h3-4,7H,5-6H2,1-2H3,(H,14,18)(H,16,17). The first-order valence-electron chi connectivity index (χ1n) is 5.49. The molecule has 6 nitrogen and oxygen atoms in total. The third kappa shape index (κ3) is 4.22. The number of rotatable bonds is 5. The van der Waals surface area contributed by atoms with Gasteiger partial charge in [-0.1, -0.05) is 0 Å². The number of carboxylic acids is 1. The molecule has 0 saturated heterocycles. The van der Waals surface area contributed by atoms with E-state index in [0.29, 0.717) is 13.2 Å². The Morgan fingerprint density at radius 3 is 2.68 bits per heavy atom. The highest BCUT2D eigenvalue weighted by molar-refractivity contribution is 5.91. The second kappa shape index (κ2) is 6.69. The van der Waals surface area contributed by atoms with Crippen LogP contribution < -0.4 is 5.32 Å². The second-order valence-electron chi connectivity index (χ2n) is 3.84. The zero-order valence-electron chi connectivity index (χ0n) is 10.6. The quantitative estimate of drug-likeness (QED) is 0.852. The van der Waals surface area contributed by atoms with E-state index in [4.69, 9.17) is 9.84 Å². The summed E-state index contributed by atoms with van der Waals surface area (Å²) in [5.74, 6) is -2.03. The largest absolute Gasteiger partial charge is 0.478 e. The van der Waals surface area contributed by atoms with Crippen molar-refractivity contribution in [2.24, 2.45) is 0 Å². The predicted molar refractivity (Wildman–Crippen MR) is 66.9 cm³/mol. The smallest absolute Gasteiger partial charge is 0.335 e. The highest BCUT2D eigenvalue weighted by Gasteiger charge is 2.13. The lowest BCUT2D eigenvalue weighted by Crippen LogP contribution is -2.34. The van der Waals surface area contributed by atoms with Gasteiger partial charge in [-0.2, -0.15) is 0 Å². The van der Waals surface area contributed by atoms with Crippen molar-refractivity contribution in [2.75, 3.05) is 32.6 Å². The van der Waals surface area contributed by atoms with E-state index in [1.807, 2.05) is 0 Å². The number of urea groups is 1. The molecule has 104 valence electrons. The number of hydrogen-bond acceptors (Lipinski definition) is 3. The van der Waals surface area contributed by atoms with Gasteiger partial charge in [0.25, 0.3) is 0 Å². The molecule has 0 aromatic heterocycles. The van der Waals surface area contributed by atoms with Gasteiger partial charge in [-0.15, -0.1) is 0 Å². The number of carbonyl (C=O) groups excluding carboxylic acids is 1. The number of halogens is 1. The van der Waals surface area contributed by atoms with Gasteiger partial charge < -0.3 is 20.1 Å². The molecule has 0 saturated carbocycles. The highest BCUT2D eigenvalue weighted by atomic mass is 19.1. The van der Waals surface area contributed by atoms with Gasteiger partial charge in [-0.3, -0.25) is 0 Å². The minimum absolute atomic E-state index is 0.0701. The summed E-state index contributed by atoms with van der Waals surface area (Å²) in [5.41, 5.74) is -0.248. The Bertz CT molecular complexity index is 479. The van der Waals surface area contributed by atoms with E-state index in [1.165, 1.54) is 31.2 Å². The summed E-state index contributed by atoms with van der Waals surface area (Å²) in [5, 5.41) is 11.0. The second-order valence-corrected chi connectivity index (χ2v) is 3.84. The van der Waals surface area contributed by atoms with Crippen molar-refractivity contribution in [3.05, 3.63) is 29.6 Å². The van der Waals surface area contributed by atoms with Crippen LogP contribution in [0, 0.1) is 5.82 Å². The molecule has 7 heteroatoms. The van der Waals surface area contributed by atoms with Crippen LogP contribution in [0.3, 0.4) is 0 Å². The van der Waals surface area contributed by atoms with E-state index in [-0.39, 0.29) is 11.3 Å². The summed E-state index contributed by atoms with van der Waals surface area (Å²) < 4.78 is 18.4. The van der Waals surface area contributed by atoms with Crippen LogP contribution in [-0.2, 0) is 4.74 Å². The summed E-state index contributed by atoms with van der Waals surface area (Å²) in [6, 6.07) is 2.78. The van der Waals surface area contributed by atoms with Gasteiger partial charge in [0.1, 0.15) is 5.82 Å². The minimum atomic E-state index is -1.23. The molecule has 2 N–H and O–H groups in total. The molecule has 0 unspecified atom stereocenters. The molecule has 0 radical (unpaired) electrons. The average molecular weight is 270 g/mol. The first-order valence-corrected chi connectivity index (χ1v) is 5.49. The molecular formula is C12H15FN2O4. The molecule has 1 aromatic carbocycles. The number of amides is 2. The highest BCUT2D eigenvalue weighted by Crippen LogP contribution is 2.16. The Morgan fingerprint density at radius 1 is 1.47 bits per heavy atom. The topological polar surface area (TPSA) is 78.9 Å². The van der Waals surface area contributed by atoms with Crippen LogP contribution in [0.2, 0.25) is 0 Å². The lowest BCUT2D eigenvalue weighted by molar-refractivity contribution is 0.0696. The van der Waals surface area contributed by atoms with Gasteiger partial charge in [0.15, 0.2) is 0 Å². The zero-order chi connectivity index (χ0) is 14.4. The average Bonchev–Trinajstić information content (AvgIpc) is 2.37. The van der Waals surface area contributed by atoms with Crippen LogP contribution in [0.5, 0.6) is 0 Å². The molecule has 19 heavy (non-hydrogen) atoms. The van der Waals surface area contributed by atoms with Crippen LogP contribution in [-0.4, -0.2) is 49.3 Å². The summed E-state index contributed by atoms with van der Waals surface area (Å²) >= 11 is 0. The minimum Gasteiger partial charge on any atom is -0.478 e. The fourth-order valence-electron chi connectivity index (χ4n) is 1.29. The maximum Gasteiger partial charge on any atom is 0.335 e. The molecular weight excluding hydrogens is 255 g/mol. The van der Waals surface area contributed by atoms with Gasteiger partial charge in [0, 0.05) is 20.7 Å². The van der Waals surface area contributed by atoms with E-state index in [0.717, 1.165) is 6.07 Å². The zero-order valence-corrected chi connectivity index (χ0v) is 10.6. The van der Waals surface area contributed by atoms with Gasteiger partial charge in [0.05, 0.1) is 17.9 Å². The van der Waals surface area contributed by atoms with Crippen LogP contribution in [0.25, 0.3) is 0 Å². The van der Waals surface area contributed by atoms with Gasteiger partial charge in [0.2, 0.25) is 0 Å². The number of anilines is 1. The van der Waals surface area contributed by atoms with Gasteiger partial charge >= 0.3 is 12.0 Å². The summed E-state index contributed by atoms with van der Waals surface area (Å²) in [6.45, 7) is 0.724. The fourth-order valence-corrected chi connectivity index (χ4v) is 1.29. The number of aromatic carboxylic acids is 1. The number of hydrogen-bond donors (Lipinski definition) is 2. The van der Waals surface area contributed by atoms with E-state index in [1.54, 1.807) is 0 Å². The third-order valence-electron chi connectivity index (χ3n) is 2.44. The molecule has 0 fully saturated rings. The third-order valence-corrected chi connectivity index (χ3v) is 2.44. The van der Waals surface area contributed by atoms with Crippen molar-refractivity contribution < 1.29 is 23.8 Å². The molecule has 0 aliphatic carbocycles. The monoisotopic (exact) mass is 270 g/mol. The van der Waals surface area contributed by atoms with E-state index in [9.17, 15) is 14.0 Å². The summed E-state index contributed by atoms with van der Waals surface area (Å²) in [6.07, 6.45) is 0. The fraction of sp³-hybridized carbons (Fsp3) is 0.333. The maximum absolute atomic E-state index is 13.6. The van der Waals surface area contributed by atoms with Crippen LogP contribution in [0.4, 0.5) is 14.9 Å². The number of ether oxygens (including phenoxy) is 1. The molecule has 0 atom stereocenters. The van der Waals surface area contributed by atoms with Crippen LogP contribution >= 0.6 is 0 Å². The number of likely N-dealkylation sites (N-methyl/N-ethyl adjacent to an activating group) is 1. The number of carbonyl (C=O) groups is 2. The lowest BCUT2D eigenvalue weighted by atomic mass is 10.2. The molecule has 2 amide bonds. The van der Waals surface area contributed by atoms with Crippen molar-refractivity contribution in [1.82, 2.24) is 4.90 Å². The number of nitrogens with one attached hydrogen (secondary N) is 1. The Balaban J connectivity index is 2.72. The Labute approximate surface area is 109 Å². The number of nitrogens with zero attached hydrogens (tertiary/aromatic N) is 1. The van der Waals surface area contributed by atoms with Crippen molar-refractivity contribution in [3.8, 4) is 0 Å². The Morgan fingerprint density at radius 2 is 2.16 bits per heavy atom. The van der Waals surface area contributed by atoms with Crippen molar-refractivity contribution in [1.29, 1.82) is 0 Å². The predicted octanol–water partition coefficient (Wildman–Crippen LogP) is 1.63. The van der Waals surface area contributed by atoms with Gasteiger partial charge in [-0.05, 0) is 18.2 Å². The first-order chi connectivity index (χ1) is 8.95. The van der Waals surface area contributed by atoms with E-state index in [2.05, 4.69) is 5.32 Å². The molecule has 0 heterocycles. The Hall–Kier alpha value is -2.15. The summed E-state index contributed by atoms with van der Waals surface area (Å²) in [4.78, 5) is 23.6. The number of benzene rings is 1. The van der Waals surface area contributed by atoms with Crippen molar-refractivity contribution in [3.63, 3.8) is 0 Å². The molecule has 0 aliphatic rings. The first kappa shape index (κ1) is 14.9. The molecule has 1 rings (SSSR count). The van der Waals surface area contributed by atoms with Crippen molar-refractivity contribution >= 4 is 17.7 Å². The number of carboxylic acid groups (broad SMARTS) is 1. The normalized spacial score (nSPS) is 10.1. The van der Waals surface area contributed by atoms with Crippen LogP contribution in [0.15, 0.2) is 18.2 Å². The van der Waals surface area contributed by atoms with Crippen LogP contribution in [0.1, 0.15) is 10.4 Å². The maximum atomic E-state index is 13.6. The number of methoxy groups -OCH3 is 1. The van der Waals surface area contributed by atoms with Gasteiger partial charge in [-0.25, -0.2) is 14.0 Å². The summed E-state index contributed by atoms with van der Waals surface area (Å²) in [7, 11) is 3.05. The van der Waals surface area contributed by atoms with Crippen molar-refractivity contribution in [2.45, 2.75) is 0 Å². The molecule has 0 bridgehead atoms. The van der Waals surface area contributed by atoms with E-state index >= 15 is 0 Å². The molecule has 0 aliphatic heterocycles.